The van der Waals surface area contributed by atoms with E-state index in [1.807, 2.05) is 0 Å². The summed E-state index contributed by atoms with van der Waals surface area (Å²) in [5.74, 6) is 1.14. The summed E-state index contributed by atoms with van der Waals surface area (Å²) in [6, 6.07) is 5.73. The molecule has 4 rings (SSSR count). The summed E-state index contributed by atoms with van der Waals surface area (Å²) in [4.78, 5) is 31.5. The van der Waals surface area contributed by atoms with Crippen molar-refractivity contribution in [3.8, 4) is 23.0 Å². The first-order valence-electron chi connectivity index (χ1n) is 9.58. The Bertz CT molecular complexity index is 1130. The Hall–Kier alpha value is -4.35. The number of nitrogens with zero attached hydrogens (tertiary/aromatic N) is 2. The molecule has 0 fully saturated rings. The summed E-state index contributed by atoms with van der Waals surface area (Å²) in [6.07, 6.45) is 2.11. The standard InChI is InChI=1S/C11H11NO5.C10H9NO5/c1-7(5-15-2)8-3-10-11(17-6-16-10)4-9(8)12(13)14;1-6(4-12)7-2-9-10(16-5-15-9)3-8(7)11(13)14/h3-5H,6H2,1-2H3;2-4,6H,5H2,1H3. The Kier molecular flexibility index (Phi) is 6.96. The number of carbonyl (C=O) groups is 1. The fourth-order valence-corrected chi connectivity index (χ4v) is 3.18. The van der Waals surface area contributed by atoms with E-state index < -0.39 is 15.8 Å². The zero-order valence-corrected chi connectivity index (χ0v) is 17.9. The molecule has 0 amide bonds. The molecule has 0 aliphatic carbocycles. The largest absolute Gasteiger partial charge is 0.504 e. The quantitative estimate of drug-likeness (QED) is 0.268. The highest BCUT2D eigenvalue weighted by Gasteiger charge is 2.26. The van der Waals surface area contributed by atoms with E-state index in [9.17, 15) is 25.0 Å². The van der Waals surface area contributed by atoms with Crippen molar-refractivity contribution >= 4 is 23.2 Å². The Morgan fingerprint density at radius 1 is 0.939 bits per heavy atom. The highest BCUT2D eigenvalue weighted by Crippen LogP contribution is 2.41. The molecule has 2 aromatic carbocycles. The van der Waals surface area contributed by atoms with Crippen LogP contribution in [0.3, 0.4) is 0 Å². The van der Waals surface area contributed by atoms with Gasteiger partial charge in [-0.2, -0.15) is 0 Å². The van der Waals surface area contributed by atoms with E-state index in [1.54, 1.807) is 19.9 Å². The van der Waals surface area contributed by atoms with Crippen molar-refractivity contribution in [1.82, 2.24) is 0 Å². The maximum absolute atomic E-state index is 11.0. The number of allylic oxidation sites excluding steroid dienone is 1. The Balaban J connectivity index is 0.000000186. The number of fused-ring (bicyclic) bond motifs is 2. The predicted molar refractivity (Wildman–Crippen MR) is 114 cm³/mol. The molecule has 0 N–H and O–H groups in total. The number of rotatable bonds is 6. The van der Waals surface area contributed by atoms with Gasteiger partial charge in [-0.05, 0) is 24.6 Å². The van der Waals surface area contributed by atoms with E-state index in [2.05, 4.69) is 0 Å². The third kappa shape index (κ3) is 4.95. The second-order valence-electron chi connectivity index (χ2n) is 6.96. The average Bonchev–Trinajstić information content (AvgIpc) is 3.45. The van der Waals surface area contributed by atoms with E-state index >= 15 is 0 Å². The van der Waals surface area contributed by atoms with Crippen molar-refractivity contribution in [1.29, 1.82) is 0 Å². The van der Waals surface area contributed by atoms with Gasteiger partial charge in [0.1, 0.15) is 6.29 Å². The molecule has 0 aromatic heterocycles. The number of nitro benzene ring substituents is 2. The van der Waals surface area contributed by atoms with E-state index in [4.69, 9.17) is 23.7 Å². The van der Waals surface area contributed by atoms with Crippen molar-refractivity contribution in [3.05, 3.63) is 61.9 Å². The first kappa shape index (κ1) is 23.3. The SMILES string of the molecule is CC(C=O)c1cc2c(cc1[N+](=O)[O-])OCO2.COC=C(C)c1cc2c(cc1[N+](=O)[O-])OCO2. The maximum Gasteiger partial charge on any atom is 0.280 e. The van der Waals surface area contributed by atoms with Crippen molar-refractivity contribution in [2.75, 3.05) is 20.7 Å². The molecular weight excluding hydrogens is 440 g/mol. The van der Waals surface area contributed by atoms with Crippen LogP contribution in [0, 0.1) is 20.2 Å². The van der Waals surface area contributed by atoms with Crippen molar-refractivity contribution < 1.29 is 38.3 Å². The van der Waals surface area contributed by atoms with Gasteiger partial charge >= 0.3 is 0 Å². The fraction of sp³-hybridized carbons (Fsp3) is 0.286. The molecule has 1 atom stereocenters. The number of benzene rings is 2. The molecule has 2 heterocycles. The Morgan fingerprint density at radius 3 is 1.91 bits per heavy atom. The highest BCUT2D eigenvalue weighted by atomic mass is 16.7. The molecule has 0 radical (unpaired) electrons. The topological polar surface area (TPSA) is 150 Å². The Labute approximate surface area is 187 Å². The fourth-order valence-electron chi connectivity index (χ4n) is 3.18. The third-order valence-electron chi connectivity index (χ3n) is 4.82. The van der Waals surface area contributed by atoms with Gasteiger partial charge in [0.25, 0.3) is 11.4 Å². The van der Waals surface area contributed by atoms with Crippen LogP contribution >= 0.6 is 0 Å². The van der Waals surface area contributed by atoms with Crippen molar-refractivity contribution in [3.63, 3.8) is 0 Å². The zero-order valence-electron chi connectivity index (χ0n) is 17.9. The van der Waals surface area contributed by atoms with Crippen LogP contribution in [0.2, 0.25) is 0 Å². The maximum atomic E-state index is 11.0. The molecule has 33 heavy (non-hydrogen) atoms. The van der Waals surface area contributed by atoms with Crippen LogP contribution in [-0.2, 0) is 9.53 Å². The van der Waals surface area contributed by atoms with Gasteiger partial charge in [0.05, 0.1) is 40.9 Å². The summed E-state index contributed by atoms with van der Waals surface area (Å²) in [5, 5.41) is 21.8. The predicted octanol–water partition coefficient (Wildman–Crippen LogP) is 3.96. The van der Waals surface area contributed by atoms with Crippen LogP contribution in [0.1, 0.15) is 30.9 Å². The lowest BCUT2D eigenvalue weighted by molar-refractivity contribution is -0.385. The molecule has 0 spiro atoms. The minimum Gasteiger partial charge on any atom is -0.504 e. The van der Waals surface area contributed by atoms with Crippen molar-refractivity contribution in [2.24, 2.45) is 0 Å². The van der Waals surface area contributed by atoms with E-state index in [1.165, 1.54) is 31.6 Å². The second kappa shape index (κ2) is 9.85. The van der Waals surface area contributed by atoms with Gasteiger partial charge in [0.15, 0.2) is 23.0 Å². The number of hydrogen-bond donors (Lipinski definition) is 0. The smallest absolute Gasteiger partial charge is 0.280 e. The van der Waals surface area contributed by atoms with Crippen LogP contribution in [0.25, 0.3) is 5.57 Å². The molecule has 2 aromatic rings. The normalized spacial score (nSPS) is 14.1. The minimum atomic E-state index is -0.546. The van der Waals surface area contributed by atoms with Gasteiger partial charge < -0.3 is 28.5 Å². The van der Waals surface area contributed by atoms with E-state index in [-0.39, 0.29) is 25.0 Å². The summed E-state index contributed by atoms with van der Waals surface area (Å²) >= 11 is 0. The van der Waals surface area contributed by atoms with Crippen LogP contribution in [0.4, 0.5) is 11.4 Å². The first-order valence-corrected chi connectivity index (χ1v) is 9.58. The van der Waals surface area contributed by atoms with Crippen LogP contribution in [0.5, 0.6) is 23.0 Å². The molecule has 174 valence electrons. The van der Waals surface area contributed by atoms with Crippen LogP contribution in [-0.4, -0.2) is 36.8 Å². The van der Waals surface area contributed by atoms with Crippen LogP contribution < -0.4 is 18.9 Å². The number of ether oxygens (including phenoxy) is 5. The molecule has 0 saturated carbocycles. The first-order chi connectivity index (χ1) is 15.8. The molecule has 12 nitrogen and oxygen atoms in total. The molecule has 1 unspecified atom stereocenters. The lowest BCUT2D eigenvalue weighted by Gasteiger charge is -2.06. The molecule has 0 saturated heterocycles. The third-order valence-corrected chi connectivity index (χ3v) is 4.82. The highest BCUT2D eigenvalue weighted by molar-refractivity contribution is 5.74. The lowest BCUT2D eigenvalue weighted by atomic mass is 10.00. The summed E-state index contributed by atoms with van der Waals surface area (Å²) in [5.41, 5.74) is 1.30. The van der Waals surface area contributed by atoms with E-state index in [0.29, 0.717) is 46.0 Å². The van der Waals surface area contributed by atoms with Gasteiger partial charge in [0, 0.05) is 11.5 Å². The molecule has 12 heteroatoms. The summed E-state index contributed by atoms with van der Waals surface area (Å²) in [6.45, 7) is 3.46. The molecule has 2 aliphatic heterocycles. The monoisotopic (exact) mass is 460 g/mol. The van der Waals surface area contributed by atoms with Gasteiger partial charge in [0.2, 0.25) is 13.6 Å². The summed E-state index contributed by atoms with van der Waals surface area (Å²) in [7, 11) is 1.49. The zero-order chi connectivity index (χ0) is 24.1. The number of carbonyl (C=O) groups excluding carboxylic acids is 1. The molecule has 2 aliphatic rings. The van der Waals surface area contributed by atoms with Gasteiger partial charge in [-0.15, -0.1) is 0 Å². The number of methoxy groups -OCH3 is 1. The molecular formula is C21H20N2O10. The second-order valence-corrected chi connectivity index (χ2v) is 6.96. The van der Waals surface area contributed by atoms with Gasteiger partial charge in [-0.1, -0.05) is 6.92 Å². The van der Waals surface area contributed by atoms with Gasteiger partial charge in [-0.3, -0.25) is 20.2 Å². The average molecular weight is 460 g/mol. The minimum absolute atomic E-state index is 0.0277. The number of nitro groups is 2. The van der Waals surface area contributed by atoms with E-state index in [0.717, 1.165) is 0 Å². The molecule has 0 bridgehead atoms. The van der Waals surface area contributed by atoms with Crippen LogP contribution in [0.15, 0.2) is 30.5 Å². The Morgan fingerprint density at radius 2 is 1.42 bits per heavy atom. The van der Waals surface area contributed by atoms with Gasteiger partial charge in [-0.25, -0.2) is 0 Å². The number of aldehydes is 1. The van der Waals surface area contributed by atoms with Crippen molar-refractivity contribution in [2.45, 2.75) is 19.8 Å². The number of hydrogen-bond acceptors (Lipinski definition) is 10. The lowest BCUT2D eigenvalue weighted by Crippen LogP contribution is -2.01. The summed E-state index contributed by atoms with van der Waals surface area (Å²) < 4.78 is 25.3.